The van der Waals surface area contributed by atoms with Gasteiger partial charge in [-0.05, 0) is 6.92 Å². The highest BCUT2D eigenvalue weighted by Crippen LogP contribution is 2.40. The predicted molar refractivity (Wildman–Crippen MR) is 63.2 cm³/mol. The van der Waals surface area contributed by atoms with Crippen molar-refractivity contribution in [3.05, 3.63) is 33.6 Å². The van der Waals surface area contributed by atoms with E-state index in [2.05, 4.69) is 4.74 Å². The molecule has 0 aliphatic carbocycles. The van der Waals surface area contributed by atoms with Gasteiger partial charge >= 0.3 is 5.69 Å². The fourth-order valence-electron chi connectivity index (χ4n) is 1.61. The topological polar surface area (TPSA) is 98.6 Å². The lowest BCUT2D eigenvalue weighted by atomic mass is 9.86. The van der Waals surface area contributed by atoms with Crippen LogP contribution in [0.1, 0.15) is 12.5 Å². The van der Waals surface area contributed by atoms with Gasteiger partial charge in [0.05, 0.1) is 12.0 Å². The first kappa shape index (κ1) is 16.2. The third-order valence-corrected chi connectivity index (χ3v) is 2.98. The van der Waals surface area contributed by atoms with E-state index in [9.17, 15) is 23.3 Å². The summed E-state index contributed by atoms with van der Waals surface area (Å²) < 4.78 is 45.6. The first-order valence-electron chi connectivity index (χ1n) is 5.38. The van der Waals surface area contributed by atoms with Crippen LogP contribution in [-0.4, -0.2) is 29.7 Å². The zero-order valence-corrected chi connectivity index (χ0v) is 10.7. The number of hydrogen-bond acceptors (Lipinski definition) is 5. The number of hydrogen-bond donors (Lipinski definition) is 2. The molecule has 1 aromatic rings. The molecule has 1 aromatic carbocycles. The molecule has 0 aliphatic rings. The molecule has 0 saturated heterocycles. The lowest BCUT2D eigenvalue weighted by Crippen LogP contribution is -2.53. The predicted octanol–water partition coefficient (Wildman–Crippen LogP) is 1.54. The Morgan fingerprint density at radius 2 is 2.05 bits per heavy atom. The fraction of sp³-hybridized carbons (Fsp3) is 0.455. The van der Waals surface area contributed by atoms with E-state index in [-0.39, 0.29) is 0 Å². The molecule has 0 spiro atoms. The van der Waals surface area contributed by atoms with Gasteiger partial charge < -0.3 is 15.6 Å². The van der Waals surface area contributed by atoms with E-state index in [0.717, 1.165) is 14.0 Å². The van der Waals surface area contributed by atoms with Gasteiger partial charge in [-0.1, -0.05) is 0 Å². The minimum atomic E-state index is -3.86. The molecule has 3 N–H and O–H groups in total. The molecule has 0 saturated carbocycles. The van der Waals surface area contributed by atoms with Gasteiger partial charge in [-0.2, -0.15) is 0 Å². The number of nitrogens with two attached hydrogens (primary N) is 1. The van der Waals surface area contributed by atoms with Crippen LogP contribution in [0.5, 0.6) is 5.75 Å². The largest absolute Gasteiger partial charge is 0.490 e. The number of methoxy groups -OCH3 is 1. The van der Waals surface area contributed by atoms with Gasteiger partial charge in [0.15, 0.2) is 5.75 Å². The Labute approximate surface area is 112 Å². The van der Waals surface area contributed by atoms with Gasteiger partial charge in [0.1, 0.15) is 18.0 Å². The Morgan fingerprint density at radius 1 is 1.50 bits per heavy atom. The van der Waals surface area contributed by atoms with E-state index in [1.807, 2.05) is 0 Å². The highest BCUT2D eigenvalue weighted by Gasteiger charge is 2.50. The normalized spacial score (nSPS) is 14.8. The lowest BCUT2D eigenvalue weighted by Gasteiger charge is -2.33. The fourth-order valence-corrected chi connectivity index (χ4v) is 1.61. The molecule has 0 amide bonds. The van der Waals surface area contributed by atoms with Crippen molar-refractivity contribution in [1.29, 1.82) is 0 Å². The maximum Gasteiger partial charge on any atom is 0.311 e. The van der Waals surface area contributed by atoms with Crippen molar-refractivity contribution in [2.45, 2.75) is 18.4 Å². The number of nitro groups is 1. The van der Waals surface area contributed by atoms with Crippen molar-refractivity contribution in [2.75, 3.05) is 13.7 Å². The molecule has 0 aromatic heterocycles. The first-order valence-corrected chi connectivity index (χ1v) is 5.38. The number of aliphatic hydroxyl groups excluding tert-OH is 1. The van der Waals surface area contributed by atoms with Crippen LogP contribution < -0.4 is 10.5 Å². The summed E-state index contributed by atoms with van der Waals surface area (Å²) >= 11 is 0. The van der Waals surface area contributed by atoms with E-state index < -0.39 is 45.8 Å². The molecule has 0 fully saturated rings. The van der Waals surface area contributed by atoms with E-state index >= 15 is 0 Å². The van der Waals surface area contributed by atoms with E-state index in [0.29, 0.717) is 12.1 Å². The van der Waals surface area contributed by atoms with Gasteiger partial charge in [0.25, 0.3) is 5.92 Å². The van der Waals surface area contributed by atoms with Crippen LogP contribution in [0.3, 0.4) is 0 Å². The molecular formula is C11H13F3N2O4. The summed E-state index contributed by atoms with van der Waals surface area (Å²) in [5.74, 6) is -5.47. The van der Waals surface area contributed by atoms with Gasteiger partial charge in [0, 0.05) is 17.7 Å². The molecule has 1 rings (SSSR count). The average molecular weight is 294 g/mol. The molecule has 9 heteroatoms. The van der Waals surface area contributed by atoms with Crippen LogP contribution in [0.4, 0.5) is 18.9 Å². The van der Waals surface area contributed by atoms with Crippen molar-refractivity contribution in [1.82, 2.24) is 0 Å². The zero-order valence-electron chi connectivity index (χ0n) is 10.7. The number of ether oxygens (including phenoxy) is 1. The summed E-state index contributed by atoms with van der Waals surface area (Å²) in [7, 11) is 1.07. The number of halogens is 3. The van der Waals surface area contributed by atoms with Gasteiger partial charge in [0.2, 0.25) is 0 Å². The lowest BCUT2D eigenvalue weighted by molar-refractivity contribution is -0.385. The molecule has 0 unspecified atom stereocenters. The number of aliphatic hydroxyl groups is 1. The van der Waals surface area contributed by atoms with Crippen molar-refractivity contribution >= 4 is 5.69 Å². The smallest absolute Gasteiger partial charge is 0.311 e. The summed E-state index contributed by atoms with van der Waals surface area (Å²) in [4.78, 5) is 9.91. The summed E-state index contributed by atoms with van der Waals surface area (Å²) in [5.41, 5.74) is 1.26. The van der Waals surface area contributed by atoms with E-state index in [4.69, 9.17) is 10.8 Å². The van der Waals surface area contributed by atoms with Gasteiger partial charge in [-0.3, -0.25) is 10.1 Å². The van der Waals surface area contributed by atoms with Crippen molar-refractivity contribution < 1.29 is 27.9 Å². The SMILES string of the molecule is COc1cc(F)c([C@@](C)(N)C(F)(F)CO)cc1[N+](=O)[O-]. The number of alkyl halides is 2. The van der Waals surface area contributed by atoms with Crippen LogP contribution in [0.15, 0.2) is 12.1 Å². The van der Waals surface area contributed by atoms with Gasteiger partial charge in [-0.25, -0.2) is 13.2 Å². The molecule has 0 bridgehead atoms. The van der Waals surface area contributed by atoms with Crippen LogP contribution in [0, 0.1) is 15.9 Å². The second kappa shape index (κ2) is 5.25. The van der Waals surface area contributed by atoms with Crippen molar-refractivity contribution in [3.63, 3.8) is 0 Å². The van der Waals surface area contributed by atoms with E-state index in [1.54, 1.807) is 0 Å². The van der Waals surface area contributed by atoms with Crippen LogP contribution in [-0.2, 0) is 5.54 Å². The monoisotopic (exact) mass is 294 g/mol. The molecule has 112 valence electrons. The zero-order chi connectivity index (χ0) is 15.7. The second-order valence-electron chi connectivity index (χ2n) is 4.33. The first-order chi connectivity index (χ1) is 9.08. The van der Waals surface area contributed by atoms with Crippen LogP contribution >= 0.6 is 0 Å². The standard InChI is InChI=1S/C11H13F3N2O4/c1-10(15,11(13,14)5-17)6-3-8(16(18)19)9(20-2)4-7(6)12/h3-4,17H,5,15H2,1-2H3/t10-/m1/s1. The average Bonchev–Trinajstić information content (AvgIpc) is 2.37. The number of nitrogens with zero attached hydrogens (tertiary/aromatic N) is 1. The molecule has 6 nitrogen and oxygen atoms in total. The van der Waals surface area contributed by atoms with Gasteiger partial charge in [-0.15, -0.1) is 0 Å². The van der Waals surface area contributed by atoms with Crippen LogP contribution in [0.25, 0.3) is 0 Å². The number of benzene rings is 1. The quantitative estimate of drug-likeness (QED) is 0.634. The second-order valence-corrected chi connectivity index (χ2v) is 4.33. The highest BCUT2D eigenvalue weighted by atomic mass is 19.3. The highest BCUT2D eigenvalue weighted by molar-refractivity contribution is 5.51. The molecular weight excluding hydrogens is 281 g/mol. The Morgan fingerprint density at radius 3 is 2.45 bits per heavy atom. The summed E-state index contributed by atoms with van der Waals surface area (Å²) in [6.45, 7) is -0.850. The Kier molecular flexibility index (Phi) is 4.25. The third-order valence-electron chi connectivity index (χ3n) is 2.98. The van der Waals surface area contributed by atoms with Crippen molar-refractivity contribution in [2.24, 2.45) is 5.73 Å². The summed E-state index contributed by atoms with van der Waals surface area (Å²) in [6.07, 6.45) is 0. The Hall–Kier alpha value is -1.87. The summed E-state index contributed by atoms with van der Waals surface area (Å²) in [6, 6.07) is 1.18. The molecule has 0 heterocycles. The molecule has 20 heavy (non-hydrogen) atoms. The van der Waals surface area contributed by atoms with E-state index in [1.165, 1.54) is 0 Å². The summed E-state index contributed by atoms with van der Waals surface area (Å²) in [5, 5.41) is 19.5. The Bertz CT molecular complexity index is 535. The van der Waals surface area contributed by atoms with Crippen molar-refractivity contribution in [3.8, 4) is 5.75 Å². The number of nitro benzene ring substituents is 1. The number of rotatable bonds is 5. The third kappa shape index (κ3) is 2.54. The molecule has 0 aliphatic heterocycles. The molecule has 0 radical (unpaired) electrons. The Balaban J connectivity index is 3.54. The molecule has 1 atom stereocenters. The maximum absolute atomic E-state index is 13.8. The minimum absolute atomic E-state index is 0.417. The van der Waals surface area contributed by atoms with Crippen LogP contribution in [0.2, 0.25) is 0 Å². The maximum atomic E-state index is 13.8. The minimum Gasteiger partial charge on any atom is -0.490 e.